The summed E-state index contributed by atoms with van der Waals surface area (Å²) in [5.41, 5.74) is 6.19. The van der Waals surface area contributed by atoms with Crippen molar-refractivity contribution < 1.29 is 9.13 Å². The van der Waals surface area contributed by atoms with E-state index in [4.69, 9.17) is 9.84 Å². The Bertz CT molecular complexity index is 1880. The molecular weight excluding hydrogens is 489 g/mol. The number of pyridine rings is 2. The molecule has 0 saturated heterocycles. The number of para-hydroxylation sites is 1. The van der Waals surface area contributed by atoms with Crippen LogP contribution in [-0.2, 0) is 13.0 Å². The number of hydrogen-bond donors (Lipinski definition) is 1. The summed E-state index contributed by atoms with van der Waals surface area (Å²) >= 11 is 0. The fourth-order valence-electron chi connectivity index (χ4n) is 5.91. The highest BCUT2D eigenvalue weighted by Gasteiger charge is 2.28. The molecule has 4 aromatic heterocycles. The summed E-state index contributed by atoms with van der Waals surface area (Å²) in [6.07, 6.45) is 4.50. The Morgan fingerprint density at radius 1 is 1.03 bits per heavy atom. The quantitative estimate of drug-likeness (QED) is 0.241. The van der Waals surface area contributed by atoms with E-state index in [1.54, 1.807) is 12.3 Å². The van der Waals surface area contributed by atoms with E-state index in [9.17, 15) is 0 Å². The van der Waals surface area contributed by atoms with E-state index >= 15 is 4.39 Å². The van der Waals surface area contributed by atoms with Gasteiger partial charge in [-0.15, -0.1) is 0 Å². The van der Waals surface area contributed by atoms with Gasteiger partial charge >= 0.3 is 0 Å². The van der Waals surface area contributed by atoms with Gasteiger partial charge in [0, 0.05) is 59.1 Å². The fraction of sp³-hybridized carbons (Fsp3) is 0.312. The van der Waals surface area contributed by atoms with Crippen LogP contribution in [0.25, 0.3) is 38.1 Å². The number of anilines is 1. The Balaban J connectivity index is 1.49. The lowest BCUT2D eigenvalue weighted by Gasteiger charge is -2.28. The molecule has 0 fully saturated rings. The second-order valence-corrected chi connectivity index (χ2v) is 11.4. The van der Waals surface area contributed by atoms with Crippen molar-refractivity contribution in [3.05, 3.63) is 77.5 Å². The minimum absolute atomic E-state index is 0.226. The SMILES string of the molecule is CC(C)COc1cccc2c3ccc4[nH]ccc4c3c3c4c(nn3c12)CCN(c1ncc(C(C)C)cc1F)C4. The van der Waals surface area contributed by atoms with E-state index in [-0.39, 0.29) is 11.7 Å². The van der Waals surface area contributed by atoms with Gasteiger partial charge in [-0.2, -0.15) is 5.10 Å². The molecule has 0 unspecified atom stereocenters. The van der Waals surface area contributed by atoms with Crippen molar-refractivity contribution in [2.24, 2.45) is 5.92 Å². The molecule has 2 aromatic carbocycles. The standard InChI is InChI=1S/C32H32FN5O/c1-18(2)17-39-28-7-5-6-22-21-8-9-26-23(10-12-34-26)29(21)31-24-16-37(13-11-27(24)36-38(31)30(22)28)32-25(33)14-20(15-35-32)19(3)4/h5-10,12,14-15,18-19,34H,11,13,16-17H2,1-4H3. The maximum atomic E-state index is 15.3. The molecule has 1 N–H and O–H groups in total. The Labute approximate surface area is 226 Å². The van der Waals surface area contributed by atoms with Gasteiger partial charge in [0.15, 0.2) is 11.6 Å². The molecule has 0 amide bonds. The van der Waals surface area contributed by atoms with Crippen LogP contribution in [0, 0.1) is 11.7 Å². The average Bonchev–Trinajstić information content (AvgIpc) is 3.56. The van der Waals surface area contributed by atoms with Gasteiger partial charge in [-0.1, -0.05) is 45.9 Å². The zero-order valence-corrected chi connectivity index (χ0v) is 22.8. The number of rotatable bonds is 5. The van der Waals surface area contributed by atoms with E-state index in [0.717, 1.165) is 60.7 Å². The zero-order chi connectivity index (χ0) is 26.8. The molecule has 5 heterocycles. The van der Waals surface area contributed by atoms with Crippen molar-refractivity contribution in [2.75, 3.05) is 18.1 Å². The number of halogens is 1. The third kappa shape index (κ3) is 3.74. The number of ether oxygens (including phenoxy) is 1. The maximum absolute atomic E-state index is 15.3. The summed E-state index contributed by atoms with van der Waals surface area (Å²) in [7, 11) is 0. The monoisotopic (exact) mass is 521 g/mol. The van der Waals surface area contributed by atoms with Crippen LogP contribution >= 0.6 is 0 Å². The number of H-pyrrole nitrogens is 1. The molecular formula is C32H32FN5O. The number of hydrogen-bond acceptors (Lipinski definition) is 4. The topological polar surface area (TPSA) is 58.4 Å². The van der Waals surface area contributed by atoms with E-state index in [1.165, 1.54) is 0 Å². The number of fused-ring (bicyclic) bond motifs is 10. The Morgan fingerprint density at radius 3 is 2.69 bits per heavy atom. The number of nitrogens with zero attached hydrogens (tertiary/aromatic N) is 4. The zero-order valence-electron chi connectivity index (χ0n) is 22.8. The van der Waals surface area contributed by atoms with Crippen LogP contribution in [0.2, 0.25) is 0 Å². The van der Waals surface area contributed by atoms with Crippen molar-refractivity contribution in [1.29, 1.82) is 0 Å². The second-order valence-electron chi connectivity index (χ2n) is 11.4. The molecule has 0 radical (unpaired) electrons. The molecule has 0 spiro atoms. The van der Waals surface area contributed by atoms with Crippen LogP contribution < -0.4 is 9.64 Å². The maximum Gasteiger partial charge on any atom is 0.165 e. The summed E-state index contributed by atoms with van der Waals surface area (Å²) in [5, 5.41) is 9.75. The summed E-state index contributed by atoms with van der Waals surface area (Å²) in [6.45, 7) is 10.2. The first-order valence-corrected chi connectivity index (χ1v) is 13.8. The molecule has 0 saturated carbocycles. The van der Waals surface area contributed by atoms with Crippen molar-refractivity contribution >= 4 is 43.9 Å². The van der Waals surface area contributed by atoms with Crippen LogP contribution in [0.5, 0.6) is 5.75 Å². The van der Waals surface area contributed by atoms with E-state index in [0.29, 0.717) is 37.9 Å². The van der Waals surface area contributed by atoms with Crippen molar-refractivity contribution in [3.63, 3.8) is 0 Å². The predicted octanol–water partition coefficient (Wildman–Crippen LogP) is 7.38. The highest BCUT2D eigenvalue weighted by atomic mass is 19.1. The van der Waals surface area contributed by atoms with Crippen LogP contribution in [0.3, 0.4) is 0 Å². The Kier molecular flexibility index (Phi) is 5.51. The molecule has 39 heavy (non-hydrogen) atoms. The van der Waals surface area contributed by atoms with Gasteiger partial charge in [-0.3, -0.25) is 0 Å². The molecule has 198 valence electrons. The highest BCUT2D eigenvalue weighted by molar-refractivity contribution is 6.23. The first-order valence-electron chi connectivity index (χ1n) is 13.8. The second kappa shape index (κ2) is 8.97. The number of aromatic nitrogens is 4. The molecule has 6 aromatic rings. The van der Waals surface area contributed by atoms with Crippen molar-refractivity contribution in [1.82, 2.24) is 19.6 Å². The summed E-state index contributed by atoms with van der Waals surface area (Å²) < 4.78 is 23.7. The number of nitrogens with one attached hydrogen (secondary N) is 1. The van der Waals surface area contributed by atoms with Gasteiger partial charge in [-0.05, 0) is 47.1 Å². The first kappa shape index (κ1) is 23.9. The van der Waals surface area contributed by atoms with Gasteiger partial charge in [0.05, 0.1) is 17.8 Å². The normalized spacial score (nSPS) is 14.0. The van der Waals surface area contributed by atoms with Crippen LogP contribution in [0.1, 0.15) is 50.4 Å². The smallest absolute Gasteiger partial charge is 0.165 e. The van der Waals surface area contributed by atoms with E-state index < -0.39 is 0 Å². The summed E-state index contributed by atoms with van der Waals surface area (Å²) in [6, 6.07) is 14.3. The third-order valence-corrected chi connectivity index (χ3v) is 7.89. The highest BCUT2D eigenvalue weighted by Crippen LogP contribution is 2.41. The van der Waals surface area contributed by atoms with Gasteiger partial charge in [0.1, 0.15) is 11.3 Å². The lowest BCUT2D eigenvalue weighted by atomic mass is 9.97. The van der Waals surface area contributed by atoms with Crippen LogP contribution in [0.4, 0.5) is 10.2 Å². The molecule has 0 aliphatic carbocycles. The van der Waals surface area contributed by atoms with Gasteiger partial charge in [0.25, 0.3) is 0 Å². The predicted molar refractivity (Wildman–Crippen MR) is 155 cm³/mol. The average molecular weight is 522 g/mol. The first-order chi connectivity index (χ1) is 18.9. The molecule has 0 bridgehead atoms. The van der Waals surface area contributed by atoms with Crippen LogP contribution in [-0.4, -0.2) is 32.7 Å². The Hall–Kier alpha value is -4.13. The molecule has 1 aliphatic rings. The summed E-state index contributed by atoms with van der Waals surface area (Å²) in [4.78, 5) is 9.99. The summed E-state index contributed by atoms with van der Waals surface area (Å²) in [5.74, 6) is 1.59. The minimum atomic E-state index is -0.270. The van der Waals surface area contributed by atoms with Crippen molar-refractivity contribution in [3.8, 4) is 5.75 Å². The molecule has 1 aliphatic heterocycles. The third-order valence-electron chi connectivity index (χ3n) is 7.89. The van der Waals surface area contributed by atoms with Gasteiger partial charge in [-0.25, -0.2) is 13.9 Å². The molecule has 6 nitrogen and oxygen atoms in total. The lowest BCUT2D eigenvalue weighted by molar-refractivity contribution is 0.273. The fourth-order valence-corrected chi connectivity index (χ4v) is 5.91. The van der Waals surface area contributed by atoms with Crippen LogP contribution in [0.15, 0.2) is 54.9 Å². The van der Waals surface area contributed by atoms with Gasteiger partial charge in [0.2, 0.25) is 0 Å². The number of aromatic amines is 1. The largest absolute Gasteiger partial charge is 0.491 e. The lowest BCUT2D eigenvalue weighted by Crippen LogP contribution is -2.31. The van der Waals surface area contributed by atoms with E-state index in [1.807, 2.05) is 12.3 Å². The minimum Gasteiger partial charge on any atom is -0.491 e. The molecule has 7 rings (SSSR count). The molecule has 7 heteroatoms. The van der Waals surface area contributed by atoms with E-state index in [2.05, 4.69) is 77.4 Å². The number of benzene rings is 2. The van der Waals surface area contributed by atoms with Crippen molar-refractivity contribution in [2.45, 2.75) is 46.6 Å². The van der Waals surface area contributed by atoms with Gasteiger partial charge < -0.3 is 14.6 Å². The Morgan fingerprint density at radius 2 is 1.90 bits per heavy atom. The molecule has 0 atom stereocenters.